The average molecular weight is 348 g/mol. The monoisotopic (exact) mass is 348 g/mol. The lowest BCUT2D eigenvalue weighted by Gasteiger charge is -2.07. The molecule has 8 heteroatoms. The number of hydrogen-bond donors (Lipinski definition) is 3. The summed E-state index contributed by atoms with van der Waals surface area (Å²) in [5.74, 6) is -1.15. The summed E-state index contributed by atoms with van der Waals surface area (Å²) in [7, 11) is -3.80. The number of hydrogen-bond acceptors (Lipinski definition) is 4. The molecule has 23 heavy (non-hydrogen) atoms. The zero-order valence-electron chi connectivity index (χ0n) is 11.7. The molecule has 0 aliphatic rings. The zero-order valence-corrected chi connectivity index (χ0v) is 13.3. The standard InChI is InChI=1S/C15H12N2O4S2/c18-15(19)14-8-12(9-22-14)23(20,21)17-11-5-3-10(4-6-11)13-2-1-7-16-13/h1-9,16-17H,(H,18,19). The van der Waals surface area contributed by atoms with Crippen LogP contribution in [0.5, 0.6) is 0 Å². The van der Waals surface area contributed by atoms with Crippen molar-refractivity contribution in [3.05, 3.63) is 58.9 Å². The number of nitrogens with one attached hydrogen (secondary N) is 2. The summed E-state index contributed by atoms with van der Waals surface area (Å²) >= 11 is 0.873. The van der Waals surface area contributed by atoms with Crippen LogP contribution in [0.15, 0.2) is 58.9 Å². The Hall–Kier alpha value is -2.58. The molecule has 2 heterocycles. The van der Waals surface area contributed by atoms with Crippen LogP contribution in [-0.4, -0.2) is 24.5 Å². The van der Waals surface area contributed by atoms with Crippen LogP contribution >= 0.6 is 11.3 Å². The van der Waals surface area contributed by atoms with E-state index in [-0.39, 0.29) is 9.77 Å². The van der Waals surface area contributed by atoms with Crippen LogP contribution in [-0.2, 0) is 10.0 Å². The fourth-order valence-electron chi connectivity index (χ4n) is 2.01. The van der Waals surface area contributed by atoms with E-state index in [4.69, 9.17) is 5.11 Å². The second kappa shape index (κ2) is 5.90. The van der Waals surface area contributed by atoms with Gasteiger partial charge in [-0.15, -0.1) is 11.3 Å². The number of carboxylic acids is 1. The maximum atomic E-state index is 12.2. The summed E-state index contributed by atoms with van der Waals surface area (Å²) in [5, 5.41) is 10.2. The largest absolute Gasteiger partial charge is 0.477 e. The third-order valence-electron chi connectivity index (χ3n) is 3.14. The summed E-state index contributed by atoms with van der Waals surface area (Å²) in [4.78, 5) is 13.8. The van der Waals surface area contributed by atoms with Crippen LogP contribution in [0.3, 0.4) is 0 Å². The molecule has 0 amide bonds. The lowest BCUT2D eigenvalue weighted by Crippen LogP contribution is -2.12. The van der Waals surface area contributed by atoms with Crippen molar-refractivity contribution in [2.75, 3.05) is 4.72 Å². The Morgan fingerprint density at radius 2 is 1.91 bits per heavy atom. The molecule has 118 valence electrons. The van der Waals surface area contributed by atoms with Gasteiger partial charge in [-0.2, -0.15) is 0 Å². The Labute approximate surface area is 136 Å². The molecule has 3 rings (SSSR count). The Kier molecular flexibility index (Phi) is 3.93. The molecule has 6 nitrogen and oxygen atoms in total. The molecular weight excluding hydrogens is 336 g/mol. The van der Waals surface area contributed by atoms with Gasteiger partial charge in [-0.1, -0.05) is 12.1 Å². The molecule has 0 bridgehead atoms. The summed E-state index contributed by atoms with van der Waals surface area (Å²) in [6, 6.07) is 11.8. The molecule has 2 aromatic heterocycles. The highest BCUT2D eigenvalue weighted by Crippen LogP contribution is 2.24. The first-order valence-electron chi connectivity index (χ1n) is 6.54. The van der Waals surface area contributed by atoms with Gasteiger partial charge in [0.1, 0.15) is 4.88 Å². The van der Waals surface area contributed by atoms with Gasteiger partial charge in [0, 0.05) is 23.0 Å². The number of sulfonamides is 1. The number of rotatable bonds is 5. The Morgan fingerprint density at radius 1 is 1.17 bits per heavy atom. The van der Waals surface area contributed by atoms with Gasteiger partial charge in [-0.25, -0.2) is 13.2 Å². The number of carbonyl (C=O) groups is 1. The topological polar surface area (TPSA) is 99.3 Å². The molecule has 0 saturated heterocycles. The van der Waals surface area contributed by atoms with Crippen LogP contribution < -0.4 is 4.72 Å². The smallest absolute Gasteiger partial charge is 0.345 e. The van der Waals surface area contributed by atoms with Crippen LogP contribution in [0.2, 0.25) is 0 Å². The summed E-state index contributed by atoms with van der Waals surface area (Å²) in [6.45, 7) is 0. The lowest BCUT2D eigenvalue weighted by molar-refractivity contribution is 0.0702. The van der Waals surface area contributed by atoms with Crippen LogP contribution in [0.1, 0.15) is 9.67 Å². The maximum absolute atomic E-state index is 12.2. The molecule has 0 saturated carbocycles. The average Bonchev–Trinajstić information content (AvgIpc) is 3.20. The van der Waals surface area contributed by atoms with E-state index < -0.39 is 16.0 Å². The molecule has 1 aromatic carbocycles. The number of aromatic carboxylic acids is 1. The van der Waals surface area contributed by atoms with Gasteiger partial charge in [0.15, 0.2) is 0 Å². The van der Waals surface area contributed by atoms with E-state index in [9.17, 15) is 13.2 Å². The molecular formula is C15H12N2O4S2. The van der Waals surface area contributed by atoms with E-state index in [0.717, 1.165) is 28.7 Å². The van der Waals surface area contributed by atoms with Crippen LogP contribution in [0, 0.1) is 0 Å². The number of benzene rings is 1. The van der Waals surface area contributed by atoms with Gasteiger partial charge in [-0.3, -0.25) is 4.72 Å². The van der Waals surface area contributed by atoms with Gasteiger partial charge in [-0.05, 0) is 35.9 Å². The third-order valence-corrected chi connectivity index (χ3v) is 5.57. The van der Waals surface area contributed by atoms with E-state index in [2.05, 4.69) is 9.71 Å². The van der Waals surface area contributed by atoms with Gasteiger partial charge in [0.25, 0.3) is 10.0 Å². The number of aromatic amines is 1. The highest BCUT2D eigenvalue weighted by atomic mass is 32.2. The SMILES string of the molecule is O=C(O)c1cc(S(=O)(=O)Nc2ccc(-c3ccc[nH]3)cc2)cs1. The number of anilines is 1. The summed E-state index contributed by atoms with van der Waals surface area (Å²) in [6.07, 6.45) is 1.81. The van der Waals surface area contributed by atoms with E-state index in [1.54, 1.807) is 24.3 Å². The molecule has 3 N–H and O–H groups in total. The first kappa shape index (κ1) is 15.3. The normalized spacial score (nSPS) is 11.3. The van der Waals surface area contributed by atoms with Gasteiger partial charge in [0.2, 0.25) is 0 Å². The Balaban J connectivity index is 1.81. The van der Waals surface area contributed by atoms with E-state index >= 15 is 0 Å². The van der Waals surface area contributed by atoms with Gasteiger partial charge in [0.05, 0.1) is 4.90 Å². The van der Waals surface area contributed by atoms with Crippen LogP contribution in [0.25, 0.3) is 11.3 Å². The van der Waals surface area contributed by atoms with Crippen molar-refractivity contribution in [1.82, 2.24) is 4.98 Å². The second-order valence-corrected chi connectivity index (χ2v) is 7.31. The van der Waals surface area contributed by atoms with Gasteiger partial charge >= 0.3 is 5.97 Å². The number of thiophene rings is 1. The number of aromatic nitrogens is 1. The predicted octanol–water partition coefficient (Wildman–Crippen LogP) is 3.24. The van der Waals surface area contributed by atoms with E-state index in [1.165, 1.54) is 5.38 Å². The highest BCUT2D eigenvalue weighted by molar-refractivity contribution is 7.92. The summed E-state index contributed by atoms with van der Waals surface area (Å²) in [5.41, 5.74) is 2.27. The van der Waals surface area contributed by atoms with Crippen molar-refractivity contribution in [2.45, 2.75) is 4.90 Å². The fraction of sp³-hybridized carbons (Fsp3) is 0. The van der Waals surface area contributed by atoms with Crippen molar-refractivity contribution in [2.24, 2.45) is 0 Å². The molecule has 3 aromatic rings. The molecule has 0 aliphatic carbocycles. The molecule has 0 radical (unpaired) electrons. The van der Waals surface area contributed by atoms with Crippen molar-refractivity contribution in [3.63, 3.8) is 0 Å². The number of H-pyrrole nitrogens is 1. The first-order chi connectivity index (χ1) is 11.0. The molecule has 0 atom stereocenters. The molecule has 0 fully saturated rings. The Bertz CT molecular complexity index is 926. The third kappa shape index (κ3) is 3.27. The summed E-state index contributed by atoms with van der Waals surface area (Å²) < 4.78 is 26.9. The minimum Gasteiger partial charge on any atom is -0.477 e. The molecule has 0 aliphatic heterocycles. The van der Waals surface area contributed by atoms with E-state index in [1.807, 2.05) is 18.3 Å². The Morgan fingerprint density at radius 3 is 2.48 bits per heavy atom. The molecule has 0 spiro atoms. The number of carboxylic acid groups (broad SMARTS) is 1. The van der Waals surface area contributed by atoms with Crippen molar-refractivity contribution in [3.8, 4) is 11.3 Å². The predicted molar refractivity (Wildman–Crippen MR) is 88.3 cm³/mol. The maximum Gasteiger partial charge on any atom is 0.345 e. The van der Waals surface area contributed by atoms with Crippen LogP contribution in [0.4, 0.5) is 5.69 Å². The van der Waals surface area contributed by atoms with Gasteiger partial charge < -0.3 is 10.1 Å². The quantitative estimate of drug-likeness (QED) is 0.659. The zero-order chi connectivity index (χ0) is 16.4. The first-order valence-corrected chi connectivity index (χ1v) is 8.90. The van der Waals surface area contributed by atoms with Crippen molar-refractivity contribution < 1.29 is 18.3 Å². The second-order valence-electron chi connectivity index (χ2n) is 4.72. The van der Waals surface area contributed by atoms with Crippen molar-refractivity contribution in [1.29, 1.82) is 0 Å². The highest BCUT2D eigenvalue weighted by Gasteiger charge is 2.18. The minimum atomic E-state index is -3.80. The fourth-order valence-corrected chi connectivity index (χ4v) is 4.18. The minimum absolute atomic E-state index is 0.0209. The van der Waals surface area contributed by atoms with Crippen molar-refractivity contribution >= 4 is 33.0 Å². The van der Waals surface area contributed by atoms with E-state index in [0.29, 0.717) is 5.69 Å². The lowest BCUT2D eigenvalue weighted by atomic mass is 10.1. The molecule has 0 unspecified atom stereocenters.